The Hall–Kier alpha value is -1.69. The number of carboxylic acid groups (broad SMARTS) is 1. The number of nitrogens with zero attached hydrogens (tertiary/aromatic N) is 3. The molecule has 0 aliphatic carbocycles. The van der Waals surface area contributed by atoms with Gasteiger partial charge < -0.3 is 14.8 Å². The molecule has 2 aromatic rings. The van der Waals surface area contributed by atoms with Crippen LogP contribution >= 0.6 is 0 Å². The van der Waals surface area contributed by atoms with E-state index in [-0.39, 0.29) is 40.8 Å². The van der Waals surface area contributed by atoms with Gasteiger partial charge in [-0.1, -0.05) is 18.2 Å². The first-order valence-electron chi connectivity index (χ1n) is 7.22. The van der Waals surface area contributed by atoms with Crippen LogP contribution in [0.1, 0.15) is 24.2 Å². The fraction of sp³-hybridized carbons (Fsp3) is 0.235. The SMILES string of the molecule is CCN(CC)c1ccc(N=Nc2ccccc2C(=O)[O-])cc1.[Na+]. The van der Waals surface area contributed by atoms with Crippen LogP contribution in [0, 0.1) is 0 Å². The molecule has 0 spiro atoms. The summed E-state index contributed by atoms with van der Waals surface area (Å²) in [5, 5.41) is 19.1. The molecule has 0 N–H and O–H groups in total. The van der Waals surface area contributed by atoms with E-state index in [4.69, 9.17) is 0 Å². The maximum Gasteiger partial charge on any atom is 1.00 e. The summed E-state index contributed by atoms with van der Waals surface area (Å²) < 4.78 is 0. The summed E-state index contributed by atoms with van der Waals surface area (Å²) in [7, 11) is 0. The minimum atomic E-state index is -1.26. The summed E-state index contributed by atoms with van der Waals surface area (Å²) in [5.41, 5.74) is 2.12. The Labute approximate surface area is 158 Å². The molecule has 0 fully saturated rings. The van der Waals surface area contributed by atoms with Crippen molar-refractivity contribution in [3.8, 4) is 0 Å². The van der Waals surface area contributed by atoms with Gasteiger partial charge in [-0.05, 0) is 44.2 Å². The molecule has 114 valence electrons. The van der Waals surface area contributed by atoms with Gasteiger partial charge in [0.2, 0.25) is 0 Å². The van der Waals surface area contributed by atoms with Gasteiger partial charge in [0.15, 0.2) is 0 Å². The summed E-state index contributed by atoms with van der Waals surface area (Å²) in [6.07, 6.45) is 0. The van der Waals surface area contributed by atoms with Crippen LogP contribution < -0.4 is 39.6 Å². The van der Waals surface area contributed by atoms with Crippen molar-refractivity contribution in [2.24, 2.45) is 10.2 Å². The first-order chi connectivity index (χ1) is 10.7. The van der Waals surface area contributed by atoms with Crippen molar-refractivity contribution in [3.05, 3.63) is 54.1 Å². The van der Waals surface area contributed by atoms with E-state index in [1.807, 2.05) is 24.3 Å². The van der Waals surface area contributed by atoms with E-state index in [0.29, 0.717) is 5.69 Å². The summed E-state index contributed by atoms with van der Waals surface area (Å²) >= 11 is 0. The first kappa shape index (κ1) is 19.4. The molecule has 0 saturated carbocycles. The average Bonchev–Trinajstić information content (AvgIpc) is 2.55. The zero-order valence-electron chi connectivity index (χ0n) is 13.7. The molecule has 0 aromatic heterocycles. The maximum absolute atomic E-state index is 11.0. The smallest absolute Gasteiger partial charge is 0.545 e. The number of aromatic carboxylic acids is 1. The Bertz CT molecular complexity index is 668. The molecular weight excluding hydrogens is 301 g/mol. The second-order valence-corrected chi connectivity index (χ2v) is 4.69. The third-order valence-electron chi connectivity index (χ3n) is 3.38. The van der Waals surface area contributed by atoms with Gasteiger partial charge in [0, 0.05) is 24.3 Å². The molecule has 23 heavy (non-hydrogen) atoms. The molecule has 0 radical (unpaired) electrons. The normalized spacial score (nSPS) is 10.3. The number of carbonyl (C=O) groups excluding carboxylic acids is 1. The van der Waals surface area contributed by atoms with Crippen LogP contribution in [0.3, 0.4) is 0 Å². The summed E-state index contributed by atoms with van der Waals surface area (Å²) in [4.78, 5) is 13.2. The van der Waals surface area contributed by atoms with Crippen molar-refractivity contribution in [1.82, 2.24) is 0 Å². The number of carboxylic acids is 1. The van der Waals surface area contributed by atoms with Gasteiger partial charge in [0.05, 0.1) is 17.3 Å². The predicted octanol–water partition coefficient (Wildman–Crippen LogP) is 0.316. The number of hydrogen-bond acceptors (Lipinski definition) is 5. The largest absolute Gasteiger partial charge is 1.00 e. The van der Waals surface area contributed by atoms with Crippen LogP contribution in [0.5, 0.6) is 0 Å². The first-order valence-corrected chi connectivity index (χ1v) is 7.22. The van der Waals surface area contributed by atoms with E-state index in [1.165, 1.54) is 6.07 Å². The standard InChI is InChI=1S/C17H19N3O2.Na/c1-3-20(4-2)14-11-9-13(10-12-14)18-19-16-8-6-5-7-15(16)17(21)22;/h5-12H,3-4H2,1-2H3,(H,21,22);/q;+1/p-1. The van der Waals surface area contributed by atoms with Crippen LogP contribution in [-0.4, -0.2) is 19.1 Å². The molecule has 0 amide bonds. The number of azo groups is 1. The van der Waals surface area contributed by atoms with E-state index >= 15 is 0 Å². The van der Waals surface area contributed by atoms with E-state index in [0.717, 1.165) is 18.8 Å². The average molecular weight is 319 g/mol. The fourth-order valence-corrected chi connectivity index (χ4v) is 2.16. The quantitative estimate of drug-likeness (QED) is 0.569. The maximum atomic E-state index is 11.0. The van der Waals surface area contributed by atoms with Crippen LogP contribution in [0.25, 0.3) is 0 Å². The van der Waals surface area contributed by atoms with E-state index in [1.54, 1.807) is 18.2 Å². The molecule has 2 aromatic carbocycles. The molecule has 5 nitrogen and oxygen atoms in total. The van der Waals surface area contributed by atoms with Crippen LogP contribution in [0.2, 0.25) is 0 Å². The molecule has 0 bridgehead atoms. The van der Waals surface area contributed by atoms with Crippen molar-refractivity contribution in [2.45, 2.75) is 13.8 Å². The predicted molar refractivity (Wildman–Crippen MR) is 85.0 cm³/mol. The van der Waals surface area contributed by atoms with E-state index in [9.17, 15) is 9.90 Å². The van der Waals surface area contributed by atoms with Crippen molar-refractivity contribution in [1.29, 1.82) is 0 Å². The molecule has 0 aliphatic rings. The zero-order valence-corrected chi connectivity index (χ0v) is 15.7. The molecule has 0 aliphatic heterocycles. The third-order valence-corrected chi connectivity index (χ3v) is 3.38. The summed E-state index contributed by atoms with van der Waals surface area (Å²) in [6.45, 7) is 6.09. The number of benzene rings is 2. The van der Waals surface area contributed by atoms with Crippen LogP contribution in [0.4, 0.5) is 17.1 Å². The van der Waals surface area contributed by atoms with E-state index in [2.05, 4.69) is 29.0 Å². The van der Waals surface area contributed by atoms with E-state index < -0.39 is 5.97 Å². The van der Waals surface area contributed by atoms with Gasteiger partial charge in [0.1, 0.15) is 0 Å². The van der Waals surface area contributed by atoms with Crippen LogP contribution in [0.15, 0.2) is 58.8 Å². The molecular formula is C17H18N3NaO2. The Kier molecular flexibility index (Phi) is 7.95. The number of carbonyl (C=O) groups is 1. The molecule has 0 atom stereocenters. The molecule has 0 heterocycles. The monoisotopic (exact) mass is 319 g/mol. The van der Waals surface area contributed by atoms with Crippen molar-refractivity contribution < 1.29 is 39.5 Å². The number of anilines is 1. The van der Waals surface area contributed by atoms with Crippen molar-refractivity contribution in [2.75, 3.05) is 18.0 Å². The zero-order chi connectivity index (χ0) is 15.9. The minimum absolute atomic E-state index is 0. The van der Waals surface area contributed by atoms with Crippen LogP contribution in [-0.2, 0) is 0 Å². The minimum Gasteiger partial charge on any atom is -0.545 e. The molecule has 0 saturated heterocycles. The van der Waals surface area contributed by atoms with Crippen molar-refractivity contribution in [3.63, 3.8) is 0 Å². The van der Waals surface area contributed by atoms with Gasteiger partial charge in [-0.3, -0.25) is 0 Å². The second-order valence-electron chi connectivity index (χ2n) is 4.69. The topological polar surface area (TPSA) is 68.1 Å². The molecule has 2 rings (SSSR count). The fourth-order valence-electron chi connectivity index (χ4n) is 2.16. The summed E-state index contributed by atoms with van der Waals surface area (Å²) in [6, 6.07) is 14.1. The number of hydrogen-bond donors (Lipinski definition) is 0. The molecule has 6 heteroatoms. The van der Waals surface area contributed by atoms with Gasteiger partial charge in [-0.25, -0.2) is 0 Å². The Balaban J connectivity index is 0.00000264. The molecule has 0 unspecified atom stereocenters. The van der Waals surface area contributed by atoms with Gasteiger partial charge in [0.25, 0.3) is 0 Å². The number of rotatable bonds is 6. The summed E-state index contributed by atoms with van der Waals surface area (Å²) in [5.74, 6) is -1.26. The Morgan fingerprint density at radius 1 is 1.00 bits per heavy atom. The third kappa shape index (κ3) is 5.16. The van der Waals surface area contributed by atoms with Gasteiger partial charge in [-0.2, -0.15) is 5.11 Å². The Morgan fingerprint density at radius 3 is 2.17 bits per heavy atom. The van der Waals surface area contributed by atoms with Gasteiger partial charge in [-0.15, -0.1) is 5.11 Å². The Morgan fingerprint density at radius 2 is 1.61 bits per heavy atom. The van der Waals surface area contributed by atoms with Gasteiger partial charge >= 0.3 is 29.6 Å². The van der Waals surface area contributed by atoms with Crippen molar-refractivity contribution >= 4 is 23.0 Å². The second kappa shape index (κ2) is 9.45.